The molecule has 0 saturated heterocycles. The van der Waals surface area contributed by atoms with E-state index in [1.807, 2.05) is 19.1 Å². The van der Waals surface area contributed by atoms with Gasteiger partial charge in [-0.1, -0.05) is 31.2 Å². The summed E-state index contributed by atoms with van der Waals surface area (Å²) in [5, 5.41) is 3.24. The first-order valence-corrected chi connectivity index (χ1v) is 5.66. The van der Waals surface area contributed by atoms with Crippen molar-refractivity contribution < 1.29 is 4.79 Å². The molecule has 1 rings (SSSR count). The van der Waals surface area contributed by atoms with Crippen molar-refractivity contribution in [1.82, 2.24) is 5.32 Å². The average molecular weight is 220 g/mol. The second kappa shape index (κ2) is 6.28. The van der Waals surface area contributed by atoms with E-state index < -0.39 is 0 Å². The molecule has 0 heterocycles. The number of hydrogen-bond donors (Lipinski definition) is 2. The van der Waals surface area contributed by atoms with Crippen LogP contribution in [-0.2, 0) is 11.2 Å². The van der Waals surface area contributed by atoms with E-state index in [0.717, 1.165) is 13.0 Å². The molecule has 3 N–H and O–H groups in total. The van der Waals surface area contributed by atoms with E-state index in [2.05, 4.69) is 24.4 Å². The highest BCUT2D eigenvalue weighted by Gasteiger charge is 2.06. The van der Waals surface area contributed by atoms with Crippen molar-refractivity contribution in [2.75, 3.05) is 13.1 Å². The Morgan fingerprint density at radius 2 is 2.12 bits per heavy atom. The van der Waals surface area contributed by atoms with E-state index in [1.165, 1.54) is 11.1 Å². The molecule has 1 unspecified atom stereocenters. The molecular weight excluding hydrogens is 200 g/mol. The summed E-state index contributed by atoms with van der Waals surface area (Å²) in [5.74, 6) is -0.347. The lowest BCUT2D eigenvalue weighted by Crippen LogP contribution is -2.32. The third-order valence-electron chi connectivity index (χ3n) is 2.77. The zero-order chi connectivity index (χ0) is 12.0. The average Bonchev–Trinajstić information content (AvgIpc) is 2.26. The molecule has 0 spiro atoms. The van der Waals surface area contributed by atoms with Gasteiger partial charge < -0.3 is 11.1 Å². The van der Waals surface area contributed by atoms with Crippen LogP contribution in [0.3, 0.4) is 0 Å². The molecule has 1 atom stereocenters. The minimum atomic E-state index is -0.247. The molecule has 1 aromatic carbocycles. The van der Waals surface area contributed by atoms with E-state index in [4.69, 9.17) is 5.73 Å². The van der Waals surface area contributed by atoms with Crippen molar-refractivity contribution in [2.24, 2.45) is 11.7 Å². The first-order chi connectivity index (χ1) is 7.61. The van der Waals surface area contributed by atoms with Crippen LogP contribution in [0.5, 0.6) is 0 Å². The van der Waals surface area contributed by atoms with Crippen LogP contribution in [-0.4, -0.2) is 19.0 Å². The Bertz CT molecular complexity index is 350. The van der Waals surface area contributed by atoms with Gasteiger partial charge in [0.1, 0.15) is 0 Å². The maximum atomic E-state index is 10.8. The number of nitrogens with one attached hydrogen (secondary N) is 1. The van der Waals surface area contributed by atoms with Gasteiger partial charge in [0.25, 0.3) is 0 Å². The first kappa shape index (κ1) is 12.7. The zero-order valence-corrected chi connectivity index (χ0v) is 9.99. The molecule has 3 nitrogen and oxygen atoms in total. The largest absolute Gasteiger partial charge is 0.369 e. The van der Waals surface area contributed by atoms with Gasteiger partial charge in [-0.3, -0.25) is 4.79 Å². The van der Waals surface area contributed by atoms with Gasteiger partial charge >= 0.3 is 0 Å². The van der Waals surface area contributed by atoms with Crippen LogP contribution >= 0.6 is 0 Å². The van der Waals surface area contributed by atoms with Crippen LogP contribution in [0.15, 0.2) is 24.3 Å². The Morgan fingerprint density at radius 3 is 2.75 bits per heavy atom. The number of hydrogen-bond acceptors (Lipinski definition) is 2. The molecule has 0 aliphatic carbocycles. The molecule has 0 radical (unpaired) electrons. The molecule has 1 amide bonds. The fraction of sp³-hybridized carbons (Fsp3) is 0.462. The molecule has 16 heavy (non-hydrogen) atoms. The summed E-state index contributed by atoms with van der Waals surface area (Å²) in [7, 11) is 0. The highest BCUT2D eigenvalue weighted by atomic mass is 16.1. The lowest BCUT2D eigenvalue weighted by atomic mass is 10.1. The third-order valence-corrected chi connectivity index (χ3v) is 2.77. The van der Waals surface area contributed by atoms with Crippen LogP contribution in [0.4, 0.5) is 0 Å². The normalized spacial score (nSPS) is 12.4. The molecule has 0 saturated carbocycles. The first-order valence-electron chi connectivity index (χ1n) is 5.66. The van der Waals surface area contributed by atoms with E-state index in [1.54, 1.807) is 0 Å². The Morgan fingerprint density at radius 1 is 1.44 bits per heavy atom. The van der Waals surface area contributed by atoms with Crippen LogP contribution in [0.1, 0.15) is 18.1 Å². The third kappa shape index (κ3) is 4.03. The van der Waals surface area contributed by atoms with Crippen LogP contribution in [0, 0.1) is 12.8 Å². The number of rotatable bonds is 6. The molecule has 0 aromatic heterocycles. The van der Waals surface area contributed by atoms with Gasteiger partial charge in [-0.25, -0.2) is 0 Å². The Balaban J connectivity index is 2.26. The molecule has 0 fully saturated rings. The lowest BCUT2D eigenvalue weighted by Gasteiger charge is -2.10. The maximum Gasteiger partial charge on any atom is 0.221 e. The van der Waals surface area contributed by atoms with Gasteiger partial charge in [0.2, 0.25) is 5.91 Å². The van der Waals surface area contributed by atoms with Crippen molar-refractivity contribution in [3.63, 3.8) is 0 Å². The summed E-state index contributed by atoms with van der Waals surface area (Å²) >= 11 is 0. The molecule has 0 aliphatic rings. The summed E-state index contributed by atoms with van der Waals surface area (Å²) in [4.78, 5) is 10.8. The number of primary amides is 1. The number of aryl methyl sites for hydroxylation is 1. The Labute approximate surface area is 97.0 Å². The number of carbonyl (C=O) groups is 1. The van der Waals surface area contributed by atoms with Gasteiger partial charge in [0.15, 0.2) is 0 Å². The summed E-state index contributed by atoms with van der Waals surface area (Å²) in [6.07, 6.45) is 0.984. The molecule has 0 aliphatic heterocycles. The second-order valence-electron chi connectivity index (χ2n) is 4.18. The smallest absolute Gasteiger partial charge is 0.221 e. The van der Waals surface area contributed by atoms with E-state index in [9.17, 15) is 4.79 Å². The predicted molar refractivity (Wildman–Crippen MR) is 66.1 cm³/mol. The summed E-state index contributed by atoms with van der Waals surface area (Å²) < 4.78 is 0. The van der Waals surface area contributed by atoms with Crippen molar-refractivity contribution in [1.29, 1.82) is 0 Å². The van der Waals surface area contributed by atoms with Crippen molar-refractivity contribution in [3.05, 3.63) is 35.4 Å². The number of carbonyl (C=O) groups excluding carboxylic acids is 1. The van der Waals surface area contributed by atoms with Crippen molar-refractivity contribution in [2.45, 2.75) is 20.3 Å². The molecule has 88 valence electrons. The van der Waals surface area contributed by atoms with Gasteiger partial charge in [-0.2, -0.15) is 0 Å². The Kier molecular flexibility index (Phi) is 4.99. The highest BCUT2D eigenvalue weighted by molar-refractivity contribution is 5.76. The Hall–Kier alpha value is -1.35. The summed E-state index contributed by atoms with van der Waals surface area (Å²) in [5.41, 5.74) is 7.84. The number of nitrogens with two attached hydrogens (primary N) is 1. The summed E-state index contributed by atoms with van der Waals surface area (Å²) in [6, 6.07) is 8.34. The second-order valence-corrected chi connectivity index (χ2v) is 4.18. The van der Waals surface area contributed by atoms with Crippen molar-refractivity contribution in [3.8, 4) is 0 Å². The zero-order valence-electron chi connectivity index (χ0n) is 9.99. The van der Waals surface area contributed by atoms with E-state index >= 15 is 0 Å². The van der Waals surface area contributed by atoms with Gasteiger partial charge in [0.05, 0.1) is 0 Å². The molecular formula is C13H20N2O. The summed E-state index contributed by atoms with van der Waals surface area (Å²) in [6.45, 7) is 5.48. The lowest BCUT2D eigenvalue weighted by molar-refractivity contribution is -0.121. The minimum absolute atomic E-state index is 0.100. The minimum Gasteiger partial charge on any atom is -0.369 e. The molecule has 0 bridgehead atoms. The van der Waals surface area contributed by atoms with E-state index in [-0.39, 0.29) is 11.8 Å². The SMILES string of the molecule is Cc1ccccc1CCNCC(C)C(N)=O. The molecule has 3 heteroatoms. The van der Waals surface area contributed by atoms with Gasteiger partial charge in [0, 0.05) is 12.5 Å². The van der Waals surface area contributed by atoms with Gasteiger partial charge in [-0.15, -0.1) is 0 Å². The predicted octanol–water partition coefficient (Wildman–Crippen LogP) is 1.25. The number of amides is 1. The topological polar surface area (TPSA) is 55.1 Å². The fourth-order valence-corrected chi connectivity index (χ4v) is 1.53. The molecule has 1 aromatic rings. The van der Waals surface area contributed by atoms with E-state index in [0.29, 0.717) is 6.54 Å². The quantitative estimate of drug-likeness (QED) is 0.709. The number of benzene rings is 1. The fourth-order valence-electron chi connectivity index (χ4n) is 1.53. The highest BCUT2D eigenvalue weighted by Crippen LogP contribution is 2.06. The van der Waals surface area contributed by atoms with Crippen molar-refractivity contribution >= 4 is 5.91 Å². The van der Waals surface area contributed by atoms with Crippen LogP contribution < -0.4 is 11.1 Å². The standard InChI is InChI=1S/C13H20N2O/c1-10-5-3-4-6-12(10)7-8-15-9-11(2)13(14)16/h3-6,11,15H,7-9H2,1-2H3,(H2,14,16). The van der Waals surface area contributed by atoms with Crippen LogP contribution in [0.25, 0.3) is 0 Å². The maximum absolute atomic E-state index is 10.8. The van der Waals surface area contributed by atoms with Gasteiger partial charge in [-0.05, 0) is 31.0 Å². The monoisotopic (exact) mass is 220 g/mol. The van der Waals surface area contributed by atoms with Crippen LogP contribution in [0.2, 0.25) is 0 Å².